The van der Waals surface area contributed by atoms with Crippen molar-refractivity contribution in [2.24, 2.45) is 5.92 Å². The maximum Gasteiger partial charge on any atom is 0.150 e. The molecule has 218 valence electrons. The Morgan fingerprint density at radius 2 is 1.05 bits per heavy atom. The van der Waals surface area contributed by atoms with Crippen molar-refractivity contribution in [2.45, 2.75) is 34.1 Å². The lowest BCUT2D eigenvalue weighted by Gasteiger charge is -2.14. The van der Waals surface area contributed by atoms with Crippen LogP contribution in [0.25, 0.3) is 54.6 Å². The van der Waals surface area contributed by atoms with Gasteiger partial charge in [-0.3, -0.25) is 0 Å². The fraction of sp³-hybridized carbons (Fsp3) is 0.143. The SMILES string of the molecule is CCC(C)C.Cc1cc(-c2ccc3c4ccccc4c4ccccc4c3c2)ccc1-c1ccc(N)c(Oc2ccccc2)c1. The van der Waals surface area contributed by atoms with Gasteiger partial charge in [-0.05, 0) is 103 Å². The number of benzene rings is 7. The van der Waals surface area contributed by atoms with Gasteiger partial charge in [0.15, 0.2) is 5.75 Å². The number of ether oxygens (including phenoxy) is 1. The zero-order valence-electron chi connectivity index (χ0n) is 26.0. The predicted molar refractivity (Wildman–Crippen MR) is 191 cm³/mol. The average molecular weight is 574 g/mol. The first-order chi connectivity index (χ1) is 21.4. The Morgan fingerprint density at radius 3 is 1.64 bits per heavy atom. The average Bonchev–Trinajstić information content (AvgIpc) is 3.06. The molecular weight excluding hydrogens is 534 g/mol. The zero-order valence-corrected chi connectivity index (χ0v) is 26.0. The third kappa shape index (κ3) is 5.89. The lowest BCUT2D eigenvalue weighted by atomic mass is 9.91. The van der Waals surface area contributed by atoms with Crippen LogP contribution in [-0.4, -0.2) is 0 Å². The van der Waals surface area contributed by atoms with Gasteiger partial charge in [0.2, 0.25) is 0 Å². The summed E-state index contributed by atoms with van der Waals surface area (Å²) in [5.74, 6) is 2.32. The van der Waals surface area contributed by atoms with E-state index in [0.29, 0.717) is 11.4 Å². The molecule has 0 aliphatic heterocycles. The van der Waals surface area contributed by atoms with Gasteiger partial charge in [-0.1, -0.05) is 130 Å². The minimum Gasteiger partial charge on any atom is -0.455 e. The second-order valence-electron chi connectivity index (χ2n) is 11.9. The molecule has 0 aliphatic carbocycles. The highest BCUT2D eigenvalue weighted by Crippen LogP contribution is 2.38. The zero-order chi connectivity index (χ0) is 30.6. The number of hydrogen-bond donors (Lipinski definition) is 1. The van der Waals surface area contributed by atoms with Gasteiger partial charge >= 0.3 is 0 Å². The number of rotatable bonds is 5. The molecule has 0 aromatic heterocycles. The topological polar surface area (TPSA) is 35.2 Å². The first-order valence-corrected chi connectivity index (χ1v) is 15.5. The maximum absolute atomic E-state index is 6.25. The quantitative estimate of drug-likeness (QED) is 0.164. The molecule has 0 aliphatic rings. The van der Waals surface area contributed by atoms with Gasteiger partial charge in [-0.25, -0.2) is 0 Å². The van der Waals surface area contributed by atoms with E-state index in [1.54, 1.807) is 0 Å². The van der Waals surface area contributed by atoms with Crippen LogP contribution in [0, 0.1) is 12.8 Å². The van der Waals surface area contributed by atoms with E-state index < -0.39 is 0 Å². The molecule has 0 spiro atoms. The molecule has 0 atom stereocenters. The predicted octanol–water partition coefficient (Wildman–Crippen LogP) is 12.2. The van der Waals surface area contributed by atoms with Crippen molar-refractivity contribution in [1.29, 1.82) is 0 Å². The Balaban J connectivity index is 0.000000637. The third-order valence-corrected chi connectivity index (χ3v) is 8.42. The van der Waals surface area contributed by atoms with E-state index in [9.17, 15) is 0 Å². The molecule has 44 heavy (non-hydrogen) atoms. The molecule has 0 heterocycles. The normalized spacial score (nSPS) is 11.1. The van der Waals surface area contributed by atoms with Crippen LogP contribution in [0.4, 0.5) is 5.69 Å². The van der Waals surface area contributed by atoms with Crippen LogP contribution in [0.15, 0.2) is 133 Å². The number of nitrogens with two attached hydrogens (primary N) is 1. The van der Waals surface area contributed by atoms with E-state index in [0.717, 1.165) is 22.8 Å². The largest absolute Gasteiger partial charge is 0.455 e. The van der Waals surface area contributed by atoms with Gasteiger partial charge in [0.05, 0.1) is 5.69 Å². The van der Waals surface area contributed by atoms with E-state index in [2.05, 4.69) is 119 Å². The summed E-state index contributed by atoms with van der Waals surface area (Å²) in [6, 6.07) is 46.7. The highest BCUT2D eigenvalue weighted by Gasteiger charge is 2.12. The summed E-state index contributed by atoms with van der Waals surface area (Å²) in [7, 11) is 0. The Morgan fingerprint density at radius 1 is 0.545 bits per heavy atom. The molecule has 0 bridgehead atoms. The van der Waals surface area contributed by atoms with Crippen LogP contribution < -0.4 is 10.5 Å². The lowest BCUT2D eigenvalue weighted by molar-refractivity contribution is 0.485. The van der Waals surface area contributed by atoms with Crippen molar-refractivity contribution in [1.82, 2.24) is 0 Å². The van der Waals surface area contributed by atoms with Crippen molar-refractivity contribution in [3.63, 3.8) is 0 Å². The molecule has 2 heteroatoms. The summed E-state index contributed by atoms with van der Waals surface area (Å²) in [5, 5.41) is 7.74. The highest BCUT2D eigenvalue weighted by atomic mass is 16.5. The number of nitrogen functional groups attached to an aromatic ring is 1. The van der Waals surface area contributed by atoms with Crippen molar-refractivity contribution in [3.05, 3.63) is 139 Å². The van der Waals surface area contributed by atoms with Crippen molar-refractivity contribution in [2.75, 3.05) is 5.73 Å². The summed E-state index contributed by atoms with van der Waals surface area (Å²) < 4.78 is 6.09. The summed E-state index contributed by atoms with van der Waals surface area (Å²) >= 11 is 0. The summed E-state index contributed by atoms with van der Waals surface area (Å²) in [5.41, 5.74) is 12.7. The van der Waals surface area contributed by atoms with Gasteiger partial charge in [0.25, 0.3) is 0 Å². The van der Waals surface area contributed by atoms with Crippen LogP contribution in [0.3, 0.4) is 0 Å². The standard InChI is InChI=1S/C37H27NO.C5H12/c1-24-21-25(15-18-29(24)27-17-20-36(38)37(23-27)39-28-9-3-2-4-10-28)26-16-19-34-32-13-6-5-11-30(32)31-12-7-8-14-33(31)35(34)22-26;1-4-5(2)3/h2-23H,38H2,1H3;5H,4H2,1-3H3. The Hall–Kier alpha value is -5.08. The van der Waals surface area contributed by atoms with Gasteiger partial charge in [0.1, 0.15) is 5.75 Å². The summed E-state index contributed by atoms with van der Waals surface area (Å²) in [4.78, 5) is 0. The second-order valence-corrected chi connectivity index (χ2v) is 11.9. The minimum atomic E-state index is 0.618. The Bertz CT molecular complexity index is 2040. The van der Waals surface area contributed by atoms with Crippen molar-refractivity contribution < 1.29 is 4.74 Å². The molecule has 0 fully saturated rings. The van der Waals surface area contributed by atoms with E-state index in [1.165, 1.54) is 55.4 Å². The van der Waals surface area contributed by atoms with Gasteiger partial charge in [-0.2, -0.15) is 0 Å². The summed E-state index contributed by atoms with van der Waals surface area (Å²) in [6.45, 7) is 8.81. The van der Waals surface area contributed by atoms with Gasteiger partial charge in [0, 0.05) is 0 Å². The van der Waals surface area contributed by atoms with E-state index in [-0.39, 0.29) is 0 Å². The first-order valence-electron chi connectivity index (χ1n) is 15.5. The Kier molecular flexibility index (Phi) is 8.34. The number of anilines is 1. The van der Waals surface area contributed by atoms with Crippen molar-refractivity contribution in [3.8, 4) is 33.8 Å². The summed E-state index contributed by atoms with van der Waals surface area (Å²) in [6.07, 6.45) is 1.31. The number of fused-ring (bicyclic) bond motifs is 6. The van der Waals surface area contributed by atoms with E-state index in [1.807, 2.05) is 42.5 Å². The second kappa shape index (κ2) is 12.7. The molecule has 0 unspecified atom stereocenters. The van der Waals surface area contributed by atoms with E-state index >= 15 is 0 Å². The molecule has 0 amide bonds. The number of hydrogen-bond acceptors (Lipinski definition) is 2. The van der Waals surface area contributed by atoms with Crippen LogP contribution >= 0.6 is 0 Å². The van der Waals surface area contributed by atoms with E-state index in [4.69, 9.17) is 10.5 Å². The molecule has 7 rings (SSSR count). The molecule has 2 nitrogen and oxygen atoms in total. The van der Waals surface area contributed by atoms with Crippen molar-refractivity contribution >= 4 is 38.0 Å². The molecule has 7 aromatic rings. The smallest absolute Gasteiger partial charge is 0.150 e. The molecule has 0 radical (unpaired) electrons. The fourth-order valence-electron chi connectivity index (χ4n) is 5.66. The number of aryl methyl sites for hydroxylation is 1. The molecule has 7 aromatic carbocycles. The van der Waals surface area contributed by atoms with Crippen LogP contribution in [0.2, 0.25) is 0 Å². The number of para-hydroxylation sites is 1. The van der Waals surface area contributed by atoms with Crippen LogP contribution in [0.5, 0.6) is 11.5 Å². The van der Waals surface area contributed by atoms with Gasteiger partial charge < -0.3 is 10.5 Å². The molecular formula is C42H39NO. The van der Waals surface area contributed by atoms with Crippen LogP contribution in [0.1, 0.15) is 32.8 Å². The lowest BCUT2D eigenvalue weighted by Crippen LogP contribution is -1.93. The Labute approximate surface area is 260 Å². The molecule has 0 saturated heterocycles. The fourth-order valence-corrected chi connectivity index (χ4v) is 5.66. The molecule has 2 N–H and O–H groups in total. The maximum atomic E-state index is 6.25. The minimum absolute atomic E-state index is 0.618. The van der Waals surface area contributed by atoms with Gasteiger partial charge in [-0.15, -0.1) is 0 Å². The first kappa shape index (κ1) is 29.0. The highest BCUT2D eigenvalue weighted by molar-refractivity contribution is 6.25. The monoisotopic (exact) mass is 573 g/mol. The molecule has 0 saturated carbocycles. The van der Waals surface area contributed by atoms with Crippen LogP contribution in [-0.2, 0) is 0 Å². The third-order valence-electron chi connectivity index (χ3n) is 8.42.